The zero-order chi connectivity index (χ0) is 18.8. The number of hydrogen-bond donors (Lipinski definition) is 0. The summed E-state index contributed by atoms with van der Waals surface area (Å²) in [5.74, 6) is -0.528. The van der Waals surface area contributed by atoms with Crippen LogP contribution in [-0.2, 0) is 6.54 Å². The molecule has 3 heterocycles. The minimum absolute atomic E-state index is 0.00259. The van der Waals surface area contributed by atoms with Gasteiger partial charge in [0.15, 0.2) is 5.01 Å². The highest BCUT2D eigenvalue weighted by atomic mass is 35.5. The first-order chi connectivity index (χ1) is 13.1. The highest BCUT2D eigenvalue weighted by Gasteiger charge is 2.12. The van der Waals surface area contributed by atoms with Crippen LogP contribution in [0, 0.1) is 5.82 Å². The molecule has 0 aliphatic carbocycles. The quantitative estimate of drug-likeness (QED) is 0.523. The predicted molar refractivity (Wildman–Crippen MR) is 98.9 cm³/mol. The molecular weight excluding hydrogens is 391 g/mol. The van der Waals surface area contributed by atoms with Gasteiger partial charge in [-0.25, -0.2) is 9.07 Å². The van der Waals surface area contributed by atoms with Crippen molar-refractivity contribution >= 4 is 22.9 Å². The summed E-state index contributed by atoms with van der Waals surface area (Å²) in [7, 11) is 0. The molecule has 0 unspecified atom stereocenters. The van der Waals surface area contributed by atoms with E-state index in [0.29, 0.717) is 26.4 Å². The third kappa shape index (κ3) is 3.88. The summed E-state index contributed by atoms with van der Waals surface area (Å²) in [6.45, 7) is -0.00259. The first-order valence-electron chi connectivity index (χ1n) is 7.73. The Morgan fingerprint density at radius 2 is 1.93 bits per heavy atom. The lowest BCUT2D eigenvalue weighted by Crippen LogP contribution is -2.23. The molecule has 0 bridgehead atoms. The maximum absolute atomic E-state index is 13.3. The molecule has 0 atom stereocenters. The molecule has 0 radical (unpaired) electrons. The molecule has 27 heavy (non-hydrogen) atoms. The molecule has 0 amide bonds. The van der Waals surface area contributed by atoms with Crippen LogP contribution in [-0.4, -0.2) is 30.2 Å². The van der Waals surface area contributed by atoms with Crippen LogP contribution in [0.1, 0.15) is 5.69 Å². The van der Waals surface area contributed by atoms with Crippen molar-refractivity contribution in [3.63, 3.8) is 0 Å². The molecule has 4 aromatic rings. The van der Waals surface area contributed by atoms with Gasteiger partial charge >= 0.3 is 0 Å². The van der Waals surface area contributed by atoms with Gasteiger partial charge in [0.25, 0.3) is 5.56 Å². The van der Waals surface area contributed by atoms with Crippen molar-refractivity contribution in [2.45, 2.75) is 6.54 Å². The molecule has 0 saturated heterocycles. The summed E-state index contributed by atoms with van der Waals surface area (Å²) >= 11 is 7.34. The zero-order valence-corrected chi connectivity index (χ0v) is 15.2. The van der Waals surface area contributed by atoms with E-state index in [1.54, 1.807) is 18.2 Å². The van der Waals surface area contributed by atoms with Crippen molar-refractivity contribution in [2.24, 2.45) is 0 Å². The normalized spacial score (nSPS) is 10.9. The summed E-state index contributed by atoms with van der Waals surface area (Å²) in [5, 5.41) is 21.8. The topological polar surface area (TPSA) is 86.5 Å². The molecule has 0 N–H and O–H groups in total. The summed E-state index contributed by atoms with van der Waals surface area (Å²) < 4.78 is 14.5. The van der Waals surface area contributed by atoms with Crippen LogP contribution in [0.5, 0.6) is 0 Å². The number of rotatable bonds is 4. The summed E-state index contributed by atoms with van der Waals surface area (Å²) in [6, 6.07) is 11.4. The fourth-order valence-corrected chi connectivity index (χ4v) is 3.35. The van der Waals surface area contributed by atoms with Crippen LogP contribution >= 0.6 is 22.9 Å². The van der Waals surface area contributed by atoms with Gasteiger partial charge in [-0.1, -0.05) is 35.1 Å². The molecule has 0 fully saturated rings. The molecule has 0 aliphatic heterocycles. The lowest BCUT2D eigenvalue weighted by molar-refractivity contribution is 0.587. The molecule has 0 saturated carbocycles. The summed E-state index contributed by atoms with van der Waals surface area (Å²) in [4.78, 5) is 12.1. The number of nitrogens with zero attached hydrogens (tertiary/aromatic N) is 6. The van der Waals surface area contributed by atoms with Gasteiger partial charge in [-0.3, -0.25) is 4.79 Å². The van der Waals surface area contributed by atoms with Crippen molar-refractivity contribution in [1.29, 1.82) is 0 Å². The van der Waals surface area contributed by atoms with Gasteiger partial charge in [0.1, 0.15) is 16.5 Å². The second-order valence-electron chi connectivity index (χ2n) is 5.50. The lowest BCUT2D eigenvalue weighted by atomic mass is 10.2. The molecule has 0 aliphatic rings. The Bertz CT molecular complexity index is 1180. The minimum atomic E-state index is -0.528. The number of halogens is 2. The highest BCUT2D eigenvalue weighted by molar-refractivity contribution is 7.17. The summed E-state index contributed by atoms with van der Waals surface area (Å²) in [6.07, 6.45) is 0.995. The van der Waals surface area contributed by atoms with E-state index in [-0.39, 0.29) is 12.1 Å². The Morgan fingerprint density at radius 1 is 1.07 bits per heavy atom. The van der Waals surface area contributed by atoms with Gasteiger partial charge in [0, 0.05) is 22.7 Å². The second-order valence-corrected chi connectivity index (χ2v) is 6.92. The Kier molecular flexibility index (Phi) is 4.69. The zero-order valence-electron chi connectivity index (χ0n) is 13.6. The maximum Gasteiger partial charge on any atom is 0.267 e. The van der Waals surface area contributed by atoms with E-state index in [4.69, 9.17) is 11.6 Å². The second kappa shape index (κ2) is 7.29. The molecule has 10 heteroatoms. The monoisotopic (exact) mass is 400 g/mol. The van der Waals surface area contributed by atoms with Crippen molar-refractivity contribution < 1.29 is 4.39 Å². The van der Waals surface area contributed by atoms with Crippen molar-refractivity contribution in [1.82, 2.24) is 30.2 Å². The highest BCUT2D eigenvalue weighted by Crippen LogP contribution is 2.29. The van der Waals surface area contributed by atoms with Crippen LogP contribution < -0.4 is 5.56 Å². The van der Waals surface area contributed by atoms with Crippen LogP contribution in [0.2, 0.25) is 5.02 Å². The first kappa shape index (κ1) is 17.4. The molecule has 1 aromatic carbocycles. The van der Waals surface area contributed by atoms with Crippen LogP contribution in [0.4, 0.5) is 4.39 Å². The fourth-order valence-electron chi connectivity index (χ4n) is 2.36. The molecule has 134 valence electrons. The Labute approximate surface area is 161 Å². The van der Waals surface area contributed by atoms with E-state index in [2.05, 4.69) is 25.5 Å². The number of hydrogen-bond acceptors (Lipinski definition) is 7. The van der Waals surface area contributed by atoms with E-state index in [9.17, 15) is 9.18 Å². The molecule has 0 spiro atoms. The van der Waals surface area contributed by atoms with Gasteiger partial charge in [0.05, 0.1) is 18.4 Å². The fraction of sp³-hybridized carbons (Fsp3) is 0.0588. The third-order valence-corrected chi connectivity index (χ3v) is 4.80. The standard InChI is InChI=1S/C17H10ClFN6OS/c18-11-3-1-2-10(6-11)16-22-23-17(27-16)14-4-5-15(26)25(24-14)9-13-7-12(19)8-20-21-13/h1-8H,9H2. The van der Waals surface area contributed by atoms with Crippen LogP contribution in [0.25, 0.3) is 21.3 Å². The number of benzene rings is 1. The largest absolute Gasteiger partial charge is 0.268 e. The number of aromatic nitrogens is 6. The minimum Gasteiger partial charge on any atom is -0.268 e. The van der Waals surface area contributed by atoms with E-state index in [0.717, 1.165) is 11.8 Å². The van der Waals surface area contributed by atoms with Gasteiger partial charge < -0.3 is 0 Å². The maximum atomic E-state index is 13.3. The SMILES string of the molecule is O=c1ccc(-c2nnc(-c3cccc(Cl)c3)s2)nn1Cc1cc(F)cnn1. The van der Waals surface area contributed by atoms with Gasteiger partial charge in [-0.2, -0.15) is 15.3 Å². The Balaban J connectivity index is 1.66. The molecule has 4 rings (SSSR count). The third-order valence-electron chi connectivity index (χ3n) is 3.57. The van der Waals surface area contributed by atoms with Crippen molar-refractivity contribution in [3.8, 4) is 21.3 Å². The van der Waals surface area contributed by atoms with Gasteiger partial charge in [-0.15, -0.1) is 10.2 Å². The predicted octanol–water partition coefficient (Wildman–Crippen LogP) is 3.06. The van der Waals surface area contributed by atoms with Crippen molar-refractivity contribution in [3.05, 3.63) is 75.5 Å². The molecule has 3 aromatic heterocycles. The molecular formula is C17H10ClFN6OS. The van der Waals surface area contributed by atoms with Gasteiger partial charge in [-0.05, 0) is 18.2 Å². The first-order valence-corrected chi connectivity index (χ1v) is 8.93. The summed E-state index contributed by atoms with van der Waals surface area (Å²) in [5.41, 5.74) is 1.27. The van der Waals surface area contributed by atoms with Gasteiger partial charge in [0.2, 0.25) is 0 Å². The Morgan fingerprint density at radius 3 is 2.74 bits per heavy atom. The average molecular weight is 401 g/mol. The van der Waals surface area contributed by atoms with E-state index >= 15 is 0 Å². The smallest absolute Gasteiger partial charge is 0.267 e. The van der Waals surface area contributed by atoms with E-state index in [1.165, 1.54) is 28.2 Å². The van der Waals surface area contributed by atoms with Crippen LogP contribution in [0.15, 0.2) is 53.5 Å². The lowest BCUT2D eigenvalue weighted by Gasteiger charge is -2.04. The Hall–Kier alpha value is -3.04. The molecule has 7 nitrogen and oxygen atoms in total. The van der Waals surface area contributed by atoms with E-state index < -0.39 is 5.82 Å². The van der Waals surface area contributed by atoms with Crippen LogP contribution in [0.3, 0.4) is 0 Å². The van der Waals surface area contributed by atoms with Crippen molar-refractivity contribution in [2.75, 3.05) is 0 Å². The van der Waals surface area contributed by atoms with E-state index in [1.807, 2.05) is 12.1 Å². The average Bonchev–Trinajstić information content (AvgIpc) is 3.14.